The third kappa shape index (κ3) is 5.25. The summed E-state index contributed by atoms with van der Waals surface area (Å²) in [5.41, 5.74) is 1.34. The van der Waals surface area contributed by atoms with Crippen molar-refractivity contribution >= 4 is 35.3 Å². The number of carbonyl (C=O) groups excluding carboxylic acids is 2. The largest absolute Gasteiger partial charge is 0.322 e. The molecule has 1 saturated heterocycles. The summed E-state index contributed by atoms with van der Waals surface area (Å²) in [4.78, 5) is 24.5. The lowest BCUT2D eigenvalue weighted by molar-refractivity contribution is -0.125. The van der Waals surface area contributed by atoms with Crippen LogP contribution < -0.4 is 16.0 Å². The molecule has 154 valence electrons. The van der Waals surface area contributed by atoms with Crippen LogP contribution in [0.25, 0.3) is 6.08 Å². The first-order chi connectivity index (χ1) is 13.6. The third-order valence-corrected chi connectivity index (χ3v) is 4.90. The van der Waals surface area contributed by atoms with Crippen LogP contribution in [0.1, 0.15) is 51.7 Å². The van der Waals surface area contributed by atoms with Crippen molar-refractivity contribution in [3.8, 4) is 0 Å². The fraction of sp³-hybridized carbons (Fsp3) is 0.381. The van der Waals surface area contributed by atoms with E-state index >= 15 is 0 Å². The van der Waals surface area contributed by atoms with Gasteiger partial charge in [0.15, 0.2) is 6.29 Å². The van der Waals surface area contributed by atoms with E-state index < -0.39 is 6.29 Å². The van der Waals surface area contributed by atoms with Crippen LogP contribution in [0.15, 0.2) is 36.4 Å². The first kappa shape index (κ1) is 21.1. The van der Waals surface area contributed by atoms with Gasteiger partial charge in [0.2, 0.25) is 11.8 Å². The molecule has 7 nitrogen and oxygen atoms in total. The molecule has 3 N–H and O–H groups in total. The molecule has 1 aromatic heterocycles. The van der Waals surface area contributed by atoms with Gasteiger partial charge in [-0.3, -0.25) is 14.9 Å². The minimum atomic E-state index is -0.537. The maximum absolute atomic E-state index is 12.5. The predicted molar refractivity (Wildman–Crippen MR) is 114 cm³/mol. The molecule has 0 bridgehead atoms. The van der Waals surface area contributed by atoms with Gasteiger partial charge in [0.05, 0.1) is 5.69 Å². The summed E-state index contributed by atoms with van der Waals surface area (Å²) in [7, 11) is 0. The minimum absolute atomic E-state index is 0.000272. The molecule has 2 atom stereocenters. The van der Waals surface area contributed by atoms with Crippen molar-refractivity contribution in [3.63, 3.8) is 0 Å². The molecule has 0 saturated carbocycles. The molecule has 2 amide bonds. The lowest BCUT2D eigenvalue weighted by Crippen LogP contribution is -2.52. The van der Waals surface area contributed by atoms with E-state index in [0.717, 1.165) is 11.3 Å². The van der Waals surface area contributed by atoms with E-state index in [2.05, 4.69) is 21.0 Å². The summed E-state index contributed by atoms with van der Waals surface area (Å²) in [6.07, 6.45) is 2.94. The highest BCUT2D eigenvalue weighted by molar-refractivity contribution is 6.32. The van der Waals surface area contributed by atoms with Crippen molar-refractivity contribution in [2.45, 2.75) is 51.9 Å². The van der Waals surface area contributed by atoms with Crippen molar-refractivity contribution in [2.75, 3.05) is 5.32 Å². The second-order valence-corrected chi connectivity index (χ2v) is 8.60. The number of benzene rings is 1. The molecule has 1 aromatic carbocycles. The zero-order valence-electron chi connectivity index (χ0n) is 17.0. The van der Waals surface area contributed by atoms with Crippen LogP contribution in [-0.2, 0) is 15.0 Å². The Balaban J connectivity index is 1.85. The molecule has 1 aliphatic heterocycles. The lowest BCUT2D eigenvalue weighted by Gasteiger charge is -2.30. The molecular weight excluding hydrogens is 390 g/mol. The number of amides is 2. The Morgan fingerprint density at radius 3 is 2.72 bits per heavy atom. The number of hydrogen-bond donors (Lipinski definition) is 3. The van der Waals surface area contributed by atoms with Crippen LogP contribution in [0.4, 0.5) is 5.82 Å². The fourth-order valence-corrected chi connectivity index (χ4v) is 3.18. The highest BCUT2D eigenvalue weighted by Gasteiger charge is 2.29. The molecule has 0 radical (unpaired) electrons. The van der Waals surface area contributed by atoms with Gasteiger partial charge in [-0.25, -0.2) is 4.68 Å². The van der Waals surface area contributed by atoms with Crippen molar-refractivity contribution in [2.24, 2.45) is 0 Å². The quantitative estimate of drug-likeness (QED) is 0.667. The summed E-state index contributed by atoms with van der Waals surface area (Å²) in [5, 5.41) is 14.2. The van der Waals surface area contributed by atoms with Crippen LogP contribution in [-0.4, -0.2) is 27.6 Å². The number of rotatable bonds is 4. The number of nitrogens with zero attached hydrogens (tertiary/aromatic N) is 2. The molecule has 8 heteroatoms. The Hall–Kier alpha value is -2.64. The van der Waals surface area contributed by atoms with E-state index in [-0.39, 0.29) is 23.3 Å². The molecule has 2 unspecified atom stereocenters. The van der Waals surface area contributed by atoms with Crippen molar-refractivity contribution in [1.82, 2.24) is 20.4 Å². The first-order valence-electron chi connectivity index (χ1n) is 9.52. The smallest absolute Gasteiger partial charge is 0.249 e. The first-order valence-corrected chi connectivity index (χ1v) is 9.90. The van der Waals surface area contributed by atoms with Gasteiger partial charge in [-0.15, -0.1) is 0 Å². The highest BCUT2D eigenvalue weighted by Crippen LogP contribution is 2.26. The monoisotopic (exact) mass is 415 g/mol. The number of carbonyl (C=O) groups is 2. The zero-order valence-corrected chi connectivity index (χ0v) is 17.7. The lowest BCUT2D eigenvalue weighted by atomic mass is 9.92. The second-order valence-electron chi connectivity index (χ2n) is 8.20. The highest BCUT2D eigenvalue weighted by atomic mass is 35.5. The standard InChI is InChI=1S/C21H26ClN5O2/c1-13-11-19(29)25-20(23-13)27-17(12-16(26-27)21(2,3)4)24-18(28)10-9-14-7-5-6-8-15(14)22/h5-10,12-13,20,23H,11H2,1-4H3,(H,24,28)(H,25,29)/b10-9+. The molecular formula is C21H26ClN5O2. The number of nitrogens with one attached hydrogen (secondary N) is 3. The summed E-state index contributed by atoms with van der Waals surface area (Å²) >= 11 is 6.13. The Labute approximate surface area is 175 Å². The van der Waals surface area contributed by atoms with Crippen LogP contribution in [0, 0.1) is 0 Å². The van der Waals surface area contributed by atoms with Crippen molar-refractivity contribution < 1.29 is 9.59 Å². The van der Waals surface area contributed by atoms with Crippen LogP contribution in [0.3, 0.4) is 0 Å². The van der Waals surface area contributed by atoms with E-state index in [1.807, 2.05) is 52.0 Å². The summed E-state index contributed by atoms with van der Waals surface area (Å²) in [6, 6.07) is 9.11. The number of anilines is 1. The molecule has 1 fully saturated rings. The Kier molecular flexibility index (Phi) is 6.10. The summed E-state index contributed by atoms with van der Waals surface area (Å²) < 4.78 is 1.61. The topological polar surface area (TPSA) is 88.1 Å². The number of hydrogen-bond acceptors (Lipinski definition) is 4. The van der Waals surface area contributed by atoms with Crippen molar-refractivity contribution in [3.05, 3.63) is 52.7 Å². The predicted octanol–water partition coefficient (Wildman–Crippen LogP) is 3.44. The second kappa shape index (κ2) is 8.39. The SMILES string of the molecule is CC1CC(=O)NC(n2nc(C(C)(C)C)cc2NC(=O)/C=C/c2ccccc2Cl)N1. The molecule has 3 rings (SSSR count). The van der Waals surface area contributed by atoms with E-state index in [1.54, 1.807) is 16.8 Å². The van der Waals surface area contributed by atoms with E-state index in [4.69, 9.17) is 11.6 Å². The van der Waals surface area contributed by atoms with Gasteiger partial charge in [0.1, 0.15) is 5.82 Å². The molecule has 2 heterocycles. The molecule has 0 spiro atoms. The number of aromatic nitrogens is 2. The summed E-state index contributed by atoms with van der Waals surface area (Å²) in [5.74, 6) is 0.113. The number of halogens is 1. The van der Waals surface area contributed by atoms with Gasteiger partial charge >= 0.3 is 0 Å². The molecule has 2 aromatic rings. The van der Waals surface area contributed by atoms with Crippen LogP contribution in [0.5, 0.6) is 0 Å². The minimum Gasteiger partial charge on any atom is -0.322 e. The maximum atomic E-state index is 12.5. The van der Waals surface area contributed by atoms with Crippen LogP contribution in [0.2, 0.25) is 5.02 Å². The van der Waals surface area contributed by atoms with Crippen molar-refractivity contribution in [1.29, 1.82) is 0 Å². The Bertz CT molecular complexity index is 945. The van der Waals surface area contributed by atoms with Gasteiger partial charge in [-0.2, -0.15) is 5.10 Å². The Morgan fingerprint density at radius 1 is 1.34 bits per heavy atom. The van der Waals surface area contributed by atoms with Gasteiger partial charge in [-0.1, -0.05) is 50.6 Å². The molecule has 0 aliphatic carbocycles. The molecule has 29 heavy (non-hydrogen) atoms. The fourth-order valence-electron chi connectivity index (χ4n) is 2.99. The maximum Gasteiger partial charge on any atom is 0.249 e. The van der Waals surface area contributed by atoms with E-state index in [9.17, 15) is 9.59 Å². The van der Waals surface area contributed by atoms with Gasteiger partial charge in [-0.05, 0) is 24.6 Å². The van der Waals surface area contributed by atoms with E-state index in [1.165, 1.54) is 6.08 Å². The molecule has 1 aliphatic rings. The van der Waals surface area contributed by atoms with Gasteiger partial charge in [0, 0.05) is 35.0 Å². The third-order valence-electron chi connectivity index (χ3n) is 4.55. The van der Waals surface area contributed by atoms with Gasteiger partial charge in [0.25, 0.3) is 0 Å². The zero-order chi connectivity index (χ0) is 21.2. The average molecular weight is 416 g/mol. The van der Waals surface area contributed by atoms with Gasteiger partial charge < -0.3 is 10.6 Å². The van der Waals surface area contributed by atoms with Crippen LogP contribution >= 0.6 is 11.6 Å². The van der Waals surface area contributed by atoms with E-state index in [0.29, 0.717) is 17.3 Å². The normalized spacial score (nSPS) is 20.0. The Morgan fingerprint density at radius 2 is 2.07 bits per heavy atom. The summed E-state index contributed by atoms with van der Waals surface area (Å²) in [6.45, 7) is 8.05. The average Bonchev–Trinajstić information content (AvgIpc) is 3.04.